The topological polar surface area (TPSA) is 84.7 Å². The van der Waals surface area contributed by atoms with Crippen molar-refractivity contribution < 1.29 is 9.53 Å². The molecule has 29 heavy (non-hydrogen) atoms. The molecule has 1 aliphatic rings. The quantitative estimate of drug-likeness (QED) is 0.645. The van der Waals surface area contributed by atoms with Gasteiger partial charge in [-0.05, 0) is 51.1 Å². The summed E-state index contributed by atoms with van der Waals surface area (Å²) in [4.78, 5) is 23.7. The van der Waals surface area contributed by atoms with Crippen molar-refractivity contribution in [3.63, 3.8) is 0 Å². The summed E-state index contributed by atoms with van der Waals surface area (Å²) in [5, 5.41) is 7.62. The van der Waals surface area contributed by atoms with Gasteiger partial charge in [0.1, 0.15) is 0 Å². The molecular formula is C20H24N6O2S. The monoisotopic (exact) mass is 412 g/mol. The number of benzene rings is 1. The molecule has 3 heterocycles. The second-order valence-corrected chi connectivity index (χ2v) is 8.35. The second-order valence-electron chi connectivity index (χ2n) is 7.04. The molecule has 3 aromatic rings. The van der Waals surface area contributed by atoms with Crippen LogP contribution in [0.4, 0.5) is 11.4 Å². The number of anilines is 2. The summed E-state index contributed by atoms with van der Waals surface area (Å²) in [6, 6.07) is 9.86. The van der Waals surface area contributed by atoms with E-state index < -0.39 is 0 Å². The second kappa shape index (κ2) is 8.38. The lowest BCUT2D eigenvalue weighted by Crippen LogP contribution is -2.36. The van der Waals surface area contributed by atoms with Gasteiger partial charge in [0, 0.05) is 35.9 Å². The minimum Gasteiger partial charge on any atom is -0.378 e. The van der Waals surface area contributed by atoms with Crippen molar-refractivity contribution >= 4 is 34.8 Å². The van der Waals surface area contributed by atoms with Crippen molar-refractivity contribution in [2.75, 3.05) is 36.5 Å². The van der Waals surface area contributed by atoms with E-state index in [1.54, 1.807) is 4.52 Å². The van der Waals surface area contributed by atoms with E-state index >= 15 is 0 Å². The number of aryl methyl sites for hydroxylation is 2. The number of rotatable bonds is 5. The van der Waals surface area contributed by atoms with Crippen LogP contribution >= 0.6 is 11.8 Å². The number of nitrogens with zero attached hydrogens (tertiary/aromatic N) is 5. The zero-order valence-electron chi connectivity index (χ0n) is 16.8. The molecule has 0 bridgehead atoms. The van der Waals surface area contributed by atoms with Crippen LogP contribution in [0.15, 0.2) is 35.5 Å². The Hall–Kier alpha value is -2.65. The molecule has 9 heteroatoms. The van der Waals surface area contributed by atoms with E-state index in [4.69, 9.17) is 4.74 Å². The molecule has 1 atom stereocenters. The molecule has 0 aliphatic carbocycles. The third kappa shape index (κ3) is 4.51. The lowest BCUT2D eigenvalue weighted by atomic mass is 10.2. The van der Waals surface area contributed by atoms with E-state index in [0.717, 1.165) is 49.1 Å². The number of thioether (sulfide) groups is 1. The molecule has 1 aliphatic heterocycles. The number of hydrogen-bond acceptors (Lipinski definition) is 7. The molecule has 1 N–H and O–H groups in total. The van der Waals surface area contributed by atoms with Gasteiger partial charge in [-0.3, -0.25) is 4.79 Å². The standard InChI is InChI=1S/C20H24N6O2S/c1-13-12-14(2)26-19(21-13)23-20(24-26)29-15(3)18(27)22-16-4-6-17(7-5-16)25-8-10-28-11-9-25/h4-7,12,15H,8-11H2,1-3H3,(H,22,27)/t15-/m0/s1. The molecule has 0 radical (unpaired) electrons. The van der Waals surface area contributed by atoms with Gasteiger partial charge < -0.3 is 15.0 Å². The number of aromatic nitrogens is 4. The summed E-state index contributed by atoms with van der Waals surface area (Å²) in [5.74, 6) is 0.463. The van der Waals surface area contributed by atoms with Crippen molar-refractivity contribution in [3.05, 3.63) is 41.7 Å². The third-order valence-electron chi connectivity index (χ3n) is 4.76. The number of fused-ring (bicyclic) bond motifs is 1. The molecule has 8 nitrogen and oxygen atoms in total. The summed E-state index contributed by atoms with van der Waals surface area (Å²) in [7, 11) is 0. The van der Waals surface area contributed by atoms with Gasteiger partial charge in [0.2, 0.25) is 11.1 Å². The molecule has 1 aromatic carbocycles. The maximum absolute atomic E-state index is 12.6. The smallest absolute Gasteiger partial charge is 0.253 e. The largest absolute Gasteiger partial charge is 0.378 e. The van der Waals surface area contributed by atoms with E-state index in [2.05, 4.69) is 25.3 Å². The predicted octanol–water partition coefficient (Wildman–Crippen LogP) is 2.70. The zero-order valence-corrected chi connectivity index (χ0v) is 17.6. The van der Waals surface area contributed by atoms with E-state index in [0.29, 0.717) is 10.9 Å². The molecular weight excluding hydrogens is 388 g/mol. The number of amides is 1. The number of hydrogen-bond donors (Lipinski definition) is 1. The Morgan fingerprint density at radius 1 is 1.17 bits per heavy atom. The molecule has 1 fully saturated rings. The van der Waals surface area contributed by atoms with E-state index in [1.165, 1.54) is 11.8 Å². The number of morpholine rings is 1. The molecule has 0 saturated carbocycles. The Morgan fingerprint density at radius 2 is 1.90 bits per heavy atom. The number of ether oxygens (including phenoxy) is 1. The number of carbonyl (C=O) groups is 1. The van der Waals surface area contributed by atoms with Gasteiger partial charge in [-0.1, -0.05) is 11.8 Å². The normalized spacial score (nSPS) is 15.5. The zero-order chi connectivity index (χ0) is 20.4. The Balaban J connectivity index is 1.38. The number of nitrogens with one attached hydrogen (secondary N) is 1. The molecule has 4 rings (SSSR count). The van der Waals surface area contributed by atoms with Crippen molar-refractivity contribution in [3.8, 4) is 0 Å². The first kappa shape index (κ1) is 19.7. The Kier molecular flexibility index (Phi) is 5.68. The fourth-order valence-electron chi connectivity index (χ4n) is 3.23. The first-order valence-corrected chi connectivity index (χ1v) is 10.5. The number of carbonyl (C=O) groups excluding carboxylic acids is 1. The van der Waals surface area contributed by atoms with Crippen LogP contribution in [0.25, 0.3) is 5.78 Å². The maximum Gasteiger partial charge on any atom is 0.253 e. The van der Waals surface area contributed by atoms with Gasteiger partial charge in [0.25, 0.3) is 5.78 Å². The van der Waals surface area contributed by atoms with Crippen LogP contribution < -0.4 is 10.2 Å². The summed E-state index contributed by atoms with van der Waals surface area (Å²) in [5.41, 5.74) is 3.77. The van der Waals surface area contributed by atoms with E-state index in [1.807, 2.05) is 51.1 Å². The van der Waals surface area contributed by atoms with Crippen LogP contribution in [0.2, 0.25) is 0 Å². The molecule has 2 aromatic heterocycles. The Morgan fingerprint density at radius 3 is 2.62 bits per heavy atom. The third-order valence-corrected chi connectivity index (χ3v) is 5.71. The van der Waals surface area contributed by atoms with Crippen LogP contribution in [-0.2, 0) is 9.53 Å². The van der Waals surface area contributed by atoms with Crippen LogP contribution in [0.5, 0.6) is 0 Å². The van der Waals surface area contributed by atoms with Crippen molar-refractivity contribution in [1.29, 1.82) is 0 Å². The van der Waals surface area contributed by atoms with Crippen LogP contribution in [0, 0.1) is 13.8 Å². The van der Waals surface area contributed by atoms with Gasteiger partial charge in [0.15, 0.2) is 0 Å². The molecule has 1 amide bonds. The van der Waals surface area contributed by atoms with Gasteiger partial charge in [0.05, 0.1) is 18.5 Å². The summed E-state index contributed by atoms with van der Waals surface area (Å²) in [6.07, 6.45) is 0. The first-order valence-electron chi connectivity index (χ1n) is 9.61. The van der Waals surface area contributed by atoms with Crippen LogP contribution in [0.3, 0.4) is 0 Å². The van der Waals surface area contributed by atoms with Crippen molar-refractivity contribution in [2.45, 2.75) is 31.2 Å². The maximum atomic E-state index is 12.6. The average Bonchev–Trinajstić information content (AvgIpc) is 3.12. The van der Waals surface area contributed by atoms with Gasteiger partial charge in [-0.15, -0.1) is 5.10 Å². The molecule has 1 saturated heterocycles. The highest BCUT2D eigenvalue weighted by molar-refractivity contribution is 8.00. The lowest BCUT2D eigenvalue weighted by molar-refractivity contribution is -0.115. The van der Waals surface area contributed by atoms with Gasteiger partial charge in [-0.25, -0.2) is 9.50 Å². The summed E-state index contributed by atoms with van der Waals surface area (Å²) in [6.45, 7) is 9.01. The predicted molar refractivity (Wildman–Crippen MR) is 114 cm³/mol. The van der Waals surface area contributed by atoms with Crippen molar-refractivity contribution in [1.82, 2.24) is 19.6 Å². The average molecular weight is 413 g/mol. The summed E-state index contributed by atoms with van der Waals surface area (Å²) < 4.78 is 7.09. The van der Waals surface area contributed by atoms with Crippen LogP contribution in [0.1, 0.15) is 18.3 Å². The highest BCUT2D eigenvalue weighted by Crippen LogP contribution is 2.23. The fourth-order valence-corrected chi connectivity index (χ4v) is 3.98. The van der Waals surface area contributed by atoms with Gasteiger partial charge in [-0.2, -0.15) is 4.98 Å². The highest BCUT2D eigenvalue weighted by Gasteiger charge is 2.19. The van der Waals surface area contributed by atoms with E-state index in [9.17, 15) is 4.79 Å². The van der Waals surface area contributed by atoms with Gasteiger partial charge >= 0.3 is 0 Å². The lowest BCUT2D eigenvalue weighted by Gasteiger charge is -2.28. The highest BCUT2D eigenvalue weighted by atomic mass is 32.2. The molecule has 152 valence electrons. The molecule has 0 spiro atoms. The van der Waals surface area contributed by atoms with Crippen LogP contribution in [-0.4, -0.2) is 57.0 Å². The fraction of sp³-hybridized carbons (Fsp3) is 0.400. The Labute approximate surface area is 173 Å². The summed E-state index contributed by atoms with van der Waals surface area (Å²) >= 11 is 1.32. The minimum absolute atomic E-state index is 0.0890. The Bertz CT molecular complexity index is 1010. The molecule has 0 unspecified atom stereocenters. The van der Waals surface area contributed by atoms with Crippen molar-refractivity contribution in [2.24, 2.45) is 0 Å². The SMILES string of the molecule is Cc1cc(C)n2nc(S[C@@H](C)C(=O)Nc3ccc(N4CCOCC4)cc3)nc2n1. The first-order chi connectivity index (χ1) is 14.0. The minimum atomic E-state index is -0.340. The van der Waals surface area contributed by atoms with E-state index in [-0.39, 0.29) is 11.2 Å².